The maximum Gasteiger partial charge on any atom is 0.304 e. The molecule has 0 amide bonds. The average molecular weight is 472 g/mol. The van der Waals surface area contributed by atoms with Crippen LogP contribution in [0.25, 0.3) is 10.8 Å². The van der Waals surface area contributed by atoms with Crippen LogP contribution in [-0.2, 0) is 6.42 Å². The highest BCUT2D eigenvalue weighted by Crippen LogP contribution is 2.42. The molecule has 1 atom stereocenters. The largest absolute Gasteiger partial charge is 0.391 e. The minimum absolute atomic E-state index is 0.0894. The van der Waals surface area contributed by atoms with Gasteiger partial charge in [0, 0.05) is 35.5 Å². The van der Waals surface area contributed by atoms with Crippen LogP contribution in [0.5, 0.6) is 0 Å². The molecule has 0 saturated heterocycles. The third kappa shape index (κ3) is 3.60. The van der Waals surface area contributed by atoms with E-state index in [0.29, 0.717) is 18.7 Å². The summed E-state index contributed by atoms with van der Waals surface area (Å²) in [5, 5.41) is 45.6. The Hall–Kier alpha value is -3.44. The maximum atomic E-state index is 11.4. The number of hydrogen-bond donors (Lipinski definition) is 2. The smallest absolute Gasteiger partial charge is 0.304 e. The van der Waals surface area contributed by atoms with Gasteiger partial charge in [-0.1, -0.05) is 24.3 Å². The van der Waals surface area contributed by atoms with E-state index in [1.807, 2.05) is 24.3 Å². The Balaban J connectivity index is 1.86. The van der Waals surface area contributed by atoms with Gasteiger partial charge in [-0.3, -0.25) is 20.2 Å². The summed E-state index contributed by atoms with van der Waals surface area (Å²) in [6, 6.07) is 11.3. The van der Waals surface area contributed by atoms with E-state index < -0.39 is 27.3 Å². The first-order chi connectivity index (χ1) is 14.3. The first-order valence-corrected chi connectivity index (χ1v) is 9.65. The van der Waals surface area contributed by atoms with Crippen molar-refractivity contribution in [3.8, 4) is 0 Å². The molecular weight excluding hydrogens is 458 g/mol. The van der Waals surface area contributed by atoms with E-state index in [4.69, 9.17) is 0 Å². The summed E-state index contributed by atoms with van der Waals surface area (Å²) < 4.78 is 0.0894. The van der Waals surface area contributed by atoms with Crippen LogP contribution < -0.4 is 5.32 Å². The fraction of sp³-hybridized carbons (Fsp3) is 0.158. The lowest BCUT2D eigenvalue weighted by atomic mass is 9.95. The van der Waals surface area contributed by atoms with Gasteiger partial charge in [-0.05, 0) is 27.6 Å². The van der Waals surface area contributed by atoms with Crippen LogP contribution in [-0.4, -0.2) is 27.6 Å². The molecule has 30 heavy (non-hydrogen) atoms. The Bertz CT molecular complexity index is 1230. The van der Waals surface area contributed by atoms with Crippen molar-refractivity contribution >= 4 is 55.1 Å². The van der Waals surface area contributed by atoms with Crippen molar-refractivity contribution in [2.24, 2.45) is 10.2 Å². The first kappa shape index (κ1) is 19.9. The van der Waals surface area contributed by atoms with Crippen LogP contribution in [0.4, 0.5) is 28.4 Å². The van der Waals surface area contributed by atoms with Gasteiger partial charge in [0.1, 0.15) is 0 Å². The SMILES string of the molecule is O=[N+]([O-])c1cc(Br)c(N=Nc2cc3c(c4ccccc24)NCC(O)C3)c([N+](=O)[O-])c1. The van der Waals surface area contributed by atoms with Crippen molar-refractivity contribution in [3.05, 3.63) is 72.7 Å². The number of aliphatic hydroxyl groups excluding tert-OH is 1. The van der Waals surface area contributed by atoms with Crippen LogP contribution in [0.1, 0.15) is 5.56 Å². The maximum absolute atomic E-state index is 11.4. The van der Waals surface area contributed by atoms with Gasteiger partial charge in [0.25, 0.3) is 5.69 Å². The number of β-amino-alcohol motifs (C(OH)–C–C–N with tert-alkyl or cyclic N) is 1. The molecule has 0 bridgehead atoms. The topological polar surface area (TPSA) is 143 Å². The summed E-state index contributed by atoms with van der Waals surface area (Å²) in [4.78, 5) is 21.0. The standard InChI is InChI=1S/C19H14BrN5O5/c20-15-7-11(24(27)28)8-17(25(29)30)19(15)23-22-16-6-10-5-12(26)9-21-18(10)14-4-2-1-3-13(14)16/h1-4,6-8,12,21,26H,5,9H2. The minimum atomic E-state index is -0.739. The zero-order chi connectivity index (χ0) is 21.4. The number of rotatable bonds is 4. The summed E-state index contributed by atoms with van der Waals surface area (Å²) in [7, 11) is 0. The molecule has 3 aromatic carbocycles. The van der Waals surface area contributed by atoms with Crippen molar-refractivity contribution in [3.63, 3.8) is 0 Å². The third-order valence-electron chi connectivity index (χ3n) is 4.77. The molecule has 4 rings (SSSR count). The fourth-order valence-corrected chi connectivity index (χ4v) is 3.95. The normalized spacial score (nSPS) is 15.7. The Morgan fingerprint density at radius 3 is 2.50 bits per heavy atom. The van der Waals surface area contributed by atoms with Crippen LogP contribution in [0.15, 0.2) is 57.2 Å². The first-order valence-electron chi connectivity index (χ1n) is 8.85. The lowest BCUT2D eigenvalue weighted by Gasteiger charge is -2.24. The number of halogens is 1. The molecule has 1 aliphatic rings. The quantitative estimate of drug-likeness (QED) is 0.305. The van der Waals surface area contributed by atoms with Gasteiger partial charge < -0.3 is 10.4 Å². The number of hydrogen-bond acceptors (Lipinski definition) is 8. The summed E-state index contributed by atoms with van der Waals surface area (Å²) >= 11 is 3.12. The van der Waals surface area contributed by atoms with Crippen molar-refractivity contribution in [1.82, 2.24) is 0 Å². The number of nitrogens with zero attached hydrogens (tertiary/aromatic N) is 4. The molecule has 0 saturated carbocycles. The molecule has 10 nitrogen and oxygen atoms in total. The molecule has 1 aliphatic heterocycles. The molecular formula is C19H14BrN5O5. The van der Waals surface area contributed by atoms with Crippen molar-refractivity contribution in [2.75, 3.05) is 11.9 Å². The molecule has 152 valence electrons. The van der Waals surface area contributed by atoms with Gasteiger partial charge in [0.2, 0.25) is 0 Å². The van der Waals surface area contributed by atoms with E-state index in [9.17, 15) is 25.3 Å². The van der Waals surface area contributed by atoms with E-state index in [-0.39, 0.29) is 10.2 Å². The number of benzene rings is 3. The molecule has 0 radical (unpaired) electrons. The van der Waals surface area contributed by atoms with Crippen LogP contribution in [0, 0.1) is 20.2 Å². The highest BCUT2D eigenvalue weighted by Gasteiger charge is 2.24. The van der Waals surface area contributed by atoms with Crippen LogP contribution >= 0.6 is 15.9 Å². The monoisotopic (exact) mass is 471 g/mol. The van der Waals surface area contributed by atoms with Gasteiger partial charge in [-0.25, -0.2) is 0 Å². The number of non-ortho nitro benzene ring substituents is 1. The highest BCUT2D eigenvalue weighted by molar-refractivity contribution is 9.10. The number of nitro benzene ring substituents is 2. The Labute approximate surface area is 177 Å². The summed E-state index contributed by atoms with van der Waals surface area (Å²) in [5.74, 6) is 0. The van der Waals surface area contributed by atoms with Crippen LogP contribution in [0.2, 0.25) is 0 Å². The lowest BCUT2D eigenvalue weighted by Crippen LogP contribution is -2.27. The molecule has 1 unspecified atom stereocenters. The fourth-order valence-electron chi connectivity index (χ4n) is 3.43. The number of aliphatic hydroxyl groups is 1. The second kappa shape index (κ2) is 7.76. The molecule has 0 aromatic heterocycles. The molecule has 11 heteroatoms. The van der Waals surface area contributed by atoms with Crippen molar-refractivity contribution < 1.29 is 15.0 Å². The molecule has 0 spiro atoms. The number of fused-ring (bicyclic) bond motifs is 3. The van der Waals surface area contributed by atoms with Gasteiger partial charge in [-0.15, -0.1) is 10.2 Å². The molecule has 1 heterocycles. The zero-order valence-electron chi connectivity index (χ0n) is 15.3. The predicted octanol–water partition coefficient (Wildman–Crippen LogP) is 5.16. The van der Waals surface area contributed by atoms with Crippen LogP contribution in [0.3, 0.4) is 0 Å². The van der Waals surface area contributed by atoms with E-state index >= 15 is 0 Å². The minimum Gasteiger partial charge on any atom is -0.391 e. The van der Waals surface area contributed by atoms with E-state index in [1.165, 1.54) is 0 Å². The van der Waals surface area contributed by atoms with E-state index in [2.05, 4.69) is 31.5 Å². The van der Waals surface area contributed by atoms with Gasteiger partial charge in [0.15, 0.2) is 5.69 Å². The number of anilines is 1. The third-order valence-corrected chi connectivity index (χ3v) is 5.37. The summed E-state index contributed by atoms with van der Waals surface area (Å²) in [6.45, 7) is 0.444. The predicted molar refractivity (Wildman–Crippen MR) is 114 cm³/mol. The van der Waals surface area contributed by atoms with Gasteiger partial charge in [0.05, 0.1) is 32.2 Å². The number of nitro groups is 2. The Kier molecular flexibility index (Phi) is 5.14. The molecule has 0 fully saturated rings. The molecule has 3 aromatic rings. The van der Waals surface area contributed by atoms with Gasteiger partial charge >= 0.3 is 5.69 Å². The van der Waals surface area contributed by atoms with E-state index in [0.717, 1.165) is 34.2 Å². The van der Waals surface area contributed by atoms with Crippen molar-refractivity contribution in [1.29, 1.82) is 0 Å². The summed E-state index contributed by atoms with van der Waals surface area (Å²) in [6.07, 6.45) is -0.0924. The molecule has 2 N–H and O–H groups in total. The van der Waals surface area contributed by atoms with Gasteiger partial charge in [-0.2, -0.15) is 0 Å². The highest BCUT2D eigenvalue weighted by atomic mass is 79.9. The lowest BCUT2D eigenvalue weighted by molar-refractivity contribution is -0.393. The summed E-state index contributed by atoms with van der Waals surface area (Å²) in [5.41, 5.74) is 1.17. The molecule has 0 aliphatic carbocycles. The van der Waals surface area contributed by atoms with E-state index in [1.54, 1.807) is 6.07 Å². The van der Waals surface area contributed by atoms with Crippen molar-refractivity contribution in [2.45, 2.75) is 12.5 Å². The Morgan fingerprint density at radius 2 is 1.80 bits per heavy atom. The average Bonchev–Trinajstić information content (AvgIpc) is 2.71. The second-order valence-corrected chi connectivity index (χ2v) is 7.58. The second-order valence-electron chi connectivity index (χ2n) is 6.72. The number of nitrogens with one attached hydrogen (secondary N) is 1. The zero-order valence-corrected chi connectivity index (χ0v) is 16.9. The Morgan fingerprint density at radius 1 is 1.07 bits per heavy atom. The number of azo groups is 1.